The molecule has 0 bridgehead atoms. The zero-order chi connectivity index (χ0) is 14.0. The van der Waals surface area contributed by atoms with E-state index in [0.29, 0.717) is 21.6 Å². The molecule has 0 saturated heterocycles. The Balaban J connectivity index is 2.21. The first-order valence-electron chi connectivity index (χ1n) is 5.61. The van der Waals surface area contributed by atoms with E-state index in [1.54, 1.807) is 12.1 Å². The monoisotopic (exact) mass is 377 g/mol. The molecule has 2 aromatic rings. The predicted octanol–water partition coefficient (Wildman–Crippen LogP) is 6.33. The smallest absolute Gasteiger partial charge is 0.0657 e. The van der Waals surface area contributed by atoms with Crippen molar-refractivity contribution < 1.29 is 0 Å². The van der Waals surface area contributed by atoms with E-state index in [9.17, 15) is 0 Å². The normalized spacial score (nSPS) is 10.6. The van der Waals surface area contributed by atoms with Crippen LogP contribution in [0.4, 0.5) is 5.69 Å². The zero-order valence-electron chi connectivity index (χ0n) is 10.1. The first kappa shape index (κ1) is 15.0. The number of benzene rings is 2. The largest absolute Gasteiger partial charge is 0.381 e. The second-order valence-corrected chi connectivity index (χ2v) is 6.24. The van der Waals surface area contributed by atoms with E-state index in [1.165, 1.54) is 0 Å². The molecule has 5 heteroatoms. The van der Waals surface area contributed by atoms with Crippen LogP contribution in [-0.4, -0.2) is 0 Å². The summed E-state index contributed by atoms with van der Waals surface area (Å²) in [6.45, 7) is 2.56. The van der Waals surface area contributed by atoms with Gasteiger partial charge in [0.25, 0.3) is 0 Å². The van der Waals surface area contributed by atoms with Crippen molar-refractivity contribution >= 4 is 56.4 Å². The van der Waals surface area contributed by atoms with E-state index in [1.807, 2.05) is 25.1 Å². The molecule has 19 heavy (non-hydrogen) atoms. The maximum absolute atomic E-state index is 6.17. The number of hydrogen-bond acceptors (Lipinski definition) is 1. The molecule has 0 aliphatic heterocycles. The van der Waals surface area contributed by atoms with Crippen LogP contribution in [0.25, 0.3) is 0 Å². The van der Waals surface area contributed by atoms with Crippen LogP contribution in [0.1, 0.15) is 11.1 Å². The van der Waals surface area contributed by atoms with Gasteiger partial charge in [-0.2, -0.15) is 0 Å². The molecule has 0 aliphatic carbocycles. The zero-order valence-corrected chi connectivity index (χ0v) is 14.0. The van der Waals surface area contributed by atoms with Crippen LogP contribution < -0.4 is 5.32 Å². The van der Waals surface area contributed by atoms with E-state index < -0.39 is 0 Å². The van der Waals surface area contributed by atoms with Gasteiger partial charge in [0.2, 0.25) is 0 Å². The molecule has 1 nitrogen and oxygen atoms in total. The van der Waals surface area contributed by atoms with Crippen molar-refractivity contribution in [3.05, 3.63) is 61.0 Å². The lowest BCUT2D eigenvalue weighted by Gasteiger charge is -2.13. The topological polar surface area (TPSA) is 12.0 Å². The molecule has 2 aromatic carbocycles. The molecule has 1 N–H and O–H groups in total. The van der Waals surface area contributed by atoms with E-state index in [4.69, 9.17) is 34.8 Å². The maximum atomic E-state index is 6.17. The Hall–Kier alpha value is -0.410. The molecule has 0 spiro atoms. The molecule has 0 unspecified atom stereocenters. The molecule has 0 atom stereocenters. The minimum Gasteiger partial charge on any atom is -0.381 e. The van der Waals surface area contributed by atoms with Gasteiger partial charge < -0.3 is 5.32 Å². The Morgan fingerprint density at radius 2 is 1.74 bits per heavy atom. The van der Waals surface area contributed by atoms with Crippen LogP contribution in [0.3, 0.4) is 0 Å². The summed E-state index contributed by atoms with van der Waals surface area (Å²) >= 11 is 21.7. The van der Waals surface area contributed by atoms with E-state index in [0.717, 1.165) is 21.3 Å². The highest BCUT2D eigenvalue weighted by Gasteiger charge is 2.09. The molecule has 0 fully saturated rings. The van der Waals surface area contributed by atoms with Gasteiger partial charge in [0.15, 0.2) is 0 Å². The third kappa shape index (κ3) is 3.57. The van der Waals surface area contributed by atoms with Crippen LogP contribution in [-0.2, 0) is 6.54 Å². The second-order valence-electron chi connectivity index (χ2n) is 4.13. The van der Waals surface area contributed by atoms with Crippen LogP contribution in [0.2, 0.25) is 15.1 Å². The minimum atomic E-state index is 0.497. The minimum absolute atomic E-state index is 0.497. The molecule has 0 heterocycles. The lowest BCUT2D eigenvalue weighted by Crippen LogP contribution is -2.02. The van der Waals surface area contributed by atoms with Crippen molar-refractivity contribution in [1.82, 2.24) is 0 Å². The lowest BCUT2D eigenvalue weighted by molar-refractivity contribution is 1.14. The lowest BCUT2D eigenvalue weighted by atomic mass is 10.1. The van der Waals surface area contributed by atoms with Crippen molar-refractivity contribution in [2.45, 2.75) is 13.5 Å². The van der Waals surface area contributed by atoms with Gasteiger partial charge in [-0.1, -0.05) is 50.7 Å². The third-order valence-electron chi connectivity index (χ3n) is 2.78. The van der Waals surface area contributed by atoms with E-state index in [2.05, 4.69) is 21.2 Å². The van der Waals surface area contributed by atoms with Crippen molar-refractivity contribution in [2.75, 3.05) is 5.32 Å². The molecule has 0 aliphatic rings. The molecular formula is C14H11BrCl3N. The molecular weight excluding hydrogens is 368 g/mol. The number of aryl methyl sites for hydroxylation is 1. The quantitative estimate of drug-likeness (QED) is 0.615. The summed E-state index contributed by atoms with van der Waals surface area (Å²) in [4.78, 5) is 0. The average Bonchev–Trinajstić information content (AvgIpc) is 2.36. The molecule has 2 rings (SSSR count). The summed E-state index contributed by atoms with van der Waals surface area (Å²) in [5.74, 6) is 0. The Labute approximate surface area is 136 Å². The van der Waals surface area contributed by atoms with Gasteiger partial charge in [0, 0.05) is 27.3 Å². The van der Waals surface area contributed by atoms with Crippen molar-refractivity contribution in [1.29, 1.82) is 0 Å². The van der Waals surface area contributed by atoms with Gasteiger partial charge in [0.05, 0.1) is 10.0 Å². The summed E-state index contributed by atoms with van der Waals surface area (Å²) in [5, 5.41) is 4.93. The Kier molecular flexibility index (Phi) is 5.02. The van der Waals surface area contributed by atoms with Crippen LogP contribution in [0.15, 0.2) is 34.8 Å². The number of halogens is 4. The molecule has 0 amide bonds. The maximum Gasteiger partial charge on any atom is 0.0657 e. The summed E-state index contributed by atoms with van der Waals surface area (Å²) in [6, 6.07) is 9.48. The Bertz CT molecular complexity index is 614. The van der Waals surface area contributed by atoms with Gasteiger partial charge in [0.1, 0.15) is 0 Å². The van der Waals surface area contributed by atoms with Gasteiger partial charge in [-0.05, 0) is 42.8 Å². The Morgan fingerprint density at radius 3 is 2.42 bits per heavy atom. The number of hydrogen-bond donors (Lipinski definition) is 1. The van der Waals surface area contributed by atoms with E-state index >= 15 is 0 Å². The first-order valence-corrected chi connectivity index (χ1v) is 7.54. The number of anilines is 1. The van der Waals surface area contributed by atoms with Crippen LogP contribution in [0, 0.1) is 6.92 Å². The summed E-state index contributed by atoms with van der Waals surface area (Å²) in [5.41, 5.74) is 2.98. The number of rotatable bonds is 3. The predicted molar refractivity (Wildman–Crippen MR) is 87.7 cm³/mol. The second kappa shape index (κ2) is 6.36. The fourth-order valence-electron chi connectivity index (χ4n) is 1.74. The molecule has 0 saturated carbocycles. The van der Waals surface area contributed by atoms with Gasteiger partial charge in [-0.25, -0.2) is 0 Å². The average molecular weight is 380 g/mol. The fraction of sp³-hybridized carbons (Fsp3) is 0.143. The highest BCUT2D eigenvalue weighted by atomic mass is 79.9. The summed E-state index contributed by atoms with van der Waals surface area (Å²) < 4.78 is 1.05. The van der Waals surface area contributed by atoms with Crippen molar-refractivity contribution in [2.24, 2.45) is 0 Å². The standard InChI is InChI=1S/C14H11BrCl3N/c1-8-6-9(15)2-5-13(8)19-7-10-11(16)3-4-12(17)14(10)18/h2-6,19H,7H2,1H3. The summed E-state index contributed by atoms with van der Waals surface area (Å²) in [7, 11) is 0. The highest BCUT2D eigenvalue weighted by Crippen LogP contribution is 2.32. The van der Waals surface area contributed by atoms with Gasteiger partial charge >= 0.3 is 0 Å². The SMILES string of the molecule is Cc1cc(Br)ccc1NCc1c(Cl)ccc(Cl)c1Cl. The van der Waals surface area contributed by atoms with E-state index in [-0.39, 0.29) is 0 Å². The van der Waals surface area contributed by atoms with Crippen molar-refractivity contribution in [3.63, 3.8) is 0 Å². The molecule has 0 aromatic heterocycles. The summed E-state index contributed by atoms with van der Waals surface area (Å²) in [6.07, 6.45) is 0. The third-order valence-corrected chi connectivity index (χ3v) is 4.47. The van der Waals surface area contributed by atoms with Crippen molar-refractivity contribution in [3.8, 4) is 0 Å². The highest BCUT2D eigenvalue weighted by molar-refractivity contribution is 9.10. The first-order chi connectivity index (χ1) is 8.99. The fourth-order valence-corrected chi connectivity index (χ4v) is 2.90. The van der Waals surface area contributed by atoms with Crippen LogP contribution >= 0.6 is 50.7 Å². The Morgan fingerprint density at radius 1 is 1.05 bits per heavy atom. The molecule has 100 valence electrons. The van der Waals surface area contributed by atoms with Gasteiger partial charge in [-0.3, -0.25) is 0 Å². The van der Waals surface area contributed by atoms with Gasteiger partial charge in [-0.15, -0.1) is 0 Å². The number of nitrogens with one attached hydrogen (secondary N) is 1. The van der Waals surface area contributed by atoms with Crippen LogP contribution in [0.5, 0.6) is 0 Å². The molecule has 0 radical (unpaired) electrons.